The van der Waals surface area contributed by atoms with Crippen LogP contribution in [0.4, 0.5) is 10.5 Å². The SMILES string of the molecule is COc1cccc(NC(=O)NC(C(C)C)N2CCC(Cc3ccc(Cl)c(Cl)c3)CC2)c1. The summed E-state index contributed by atoms with van der Waals surface area (Å²) in [4.78, 5) is 15.0. The van der Waals surface area contributed by atoms with E-state index in [0.717, 1.165) is 32.4 Å². The number of hydrogen-bond donors (Lipinski definition) is 2. The van der Waals surface area contributed by atoms with Gasteiger partial charge in [0.05, 0.1) is 23.3 Å². The molecule has 0 radical (unpaired) electrons. The molecule has 1 saturated heterocycles. The van der Waals surface area contributed by atoms with Gasteiger partial charge in [0, 0.05) is 24.8 Å². The number of halogens is 2. The molecule has 2 amide bonds. The smallest absolute Gasteiger partial charge is 0.320 e. The van der Waals surface area contributed by atoms with E-state index in [4.69, 9.17) is 27.9 Å². The number of anilines is 1. The molecule has 2 N–H and O–H groups in total. The summed E-state index contributed by atoms with van der Waals surface area (Å²) < 4.78 is 5.22. The van der Waals surface area contributed by atoms with Crippen LogP contribution in [-0.2, 0) is 6.42 Å². The van der Waals surface area contributed by atoms with Gasteiger partial charge in [-0.1, -0.05) is 49.2 Å². The van der Waals surface area contributed by atoms with E-state index in [1.807, 2.05) is 30.3 Å². The predicted molar refractivity (Wildman–Crippen MR) is 128 cm³/mol. The number of hydrogen-bond acceptors (Lipinski definition) is 3. The van der Waals surface area contributed by atoms with E-state index >= 15 is 0 Å². The first-order valence-corrected chi connectivity index (χ1v) is 11.5. The summed E-state index contributed by atoms with van der Waals surface area (Å²) in [5.41, 5.74) is 1.93. The van der Waals surface area contributed by atoms with E-state index in [2.05, 4.69) is 35.4 Å². The van der Waals surface area contributed by atoms with Gasteiger partial charge in [0.1, 0.15) is 5.75 Å². The molecule has 1 heterocycles. The lowest BCUT2D eigenvalue weighted by molar-refractivity contribution is 0.0888. The fourth-order valence-corrected chi connectivity index (χ4v) is 4.44. The predicted octanol–water partition coefficient (Wildman–Crippen LogP) is 6.06. The third-order valence-corrected chi connectivity index (χ3v) is 6.53. The monoisotopic (exact) mass is 463 g/mol. The number of likely N-dealkylation sites (tertiary alicyclic amines) is 1. The van der Waals surface area contributed by atoms with Crippen LogP contribution in [0.1, 0.15) is 32.3 Å². The second-order valence-electron chi connectivity index (χ2n) is 8.45. The summed E-state index contributed by atoms with van der Waals surface area (Å²) in [6, 6.07) is 13.0. The highest BCUT2D eigenvalue weighted by Crippen LogP contribution is 2.28. The van der Waals surface area contributed by atoms with Crippen LogP contribution in [0, 0.1) is 11.8 Å². The standard InChI is InChI=1S/C24H31Cl2N3O2/c1-16(2)23(28-24(30)27-19-5-4-6-20(15-19)31-3)29-11-9-17(10-12-29)13-18-7-8-21(25)22(26)14-18/h4-8,14-17,23H,9-13H2,1-3H3,(H2,27,28,30). The molecule has 0 bridgehead atoms. The van der Waals surface area contributed by atoms with E-state index in [1.54, 1.807) is 13.2 Å². The summed E-state index contributed by atoms with van der Waals surface area (Å²) >= 11 is 12.2. The molecule has 168 valence electrons. The Hall–Kier alpha value is -1.95. The molecule has 3 rings (SSSR count). The van der Waals surface area contributed by atoms with Crippen molar-refractivity contribution in [3.05, 3.63) is 58.1 Å². The van der Waals surface area contributed by atoms with Gasteiger partial charge in [0.25, 0.3) is 0 Å². The number of piperidine rings is 1. The quantitative estimate of drug-likeness (QED) is 0.524. The van der Waals surface area contributed by atoms with Crippen LogP contribution in [-0.4, -0.2) is 37.3 Å². The fourth-order valence-electron chi connectivity index (χ4n) is 4.12. The van der Waals surface area contributed by atoms with Gasteiger partial charge in [-0.25, -0.2) is 4.79 Å². The van der Waals surface area contributed by atoms with Crippen LogP contribution >= 0.6 is 23.2 Å². The van der Waals surface area contributed by atoms with Crippen molar-refractivity contribution in [1.29, 1.82) is 0 Å². The largest absolute Gasteiger partial charge is 0.497 e. The molecule has 0 saturated carbocycles. The lowest BCUT2D eigenvalue weighted by atomic mass is 9.89. The van der Waals surface area contributed by atoms with Crippen LogP contribution in [0.25, 0.3) is 0 Å². The molecule has 31 heavy (non-hydrogen) atoms. The Morgan fingerprint density at radius 2 is 1.87 bits per heavy atom. The maximum absolute atomic E-state index is 12.6. The second-order valence-corrected chi connectivity index (χ2v) is 9.27. The minimum Gasteiger partial charge on any atom is -0.497 e. The maximum Gasteiger partial charge on any atom is 0.320 e. The summed E-state index contributed by atoms with van der Waals surface area (Å²) in [7, 11) is 1.61. The zero-order chi connectivity index (χ0) is 22.4. The van der Waals surface area contributed by atoms with E-state index in [-0.39, 0.29) is 12.2 Å². The molecule has 0 aromatic heterocycles. The van der Waals surface area contributed by atoms with E-state index in [0.29, 0.717) is 33.3 Å². The number of ether oxygens (including phenoxy) is 1. The highest BCUT2D eigenvalue weighted by atomic mass is 35.5. The highest BCUT2D eigenvalue weighted by Gasteiger charge is 2.28. The lowest BCUT2D eigenvalue weighted by Crippen LogP contribution is -2.54. The van der Waals surface area contributed by atoms with Gasteiger partial charge in [-0.15, -0.1) is 0 Å². The Morgan fingerprint density at radius 3 is 2.52 bits per heavy atom. The summed E-state index contributed by atoms with van der Waals surface area (Å²) in [6.07, 6.45) is 3.16. The summed E-state index contributed by atoms with van der Waals surface area (Å²) in [6.45, 7) is 6.18. The molecular weight excluding hydrogens is 433 g/mol. The van der Waals surface area contributed by atoms with Crippen LogP contribution in [0.3, 0.4) is 0 Å². The molecule has 7 heteroatoms. The molecule has 1 unspecified atom stereocenters. The molecule has 1 aliphatic heterocycles. The van der Waals surface area contributed by atoms with Crippen molar-refractivity contribution in [2.75, 3.05) is 25.5 Å². The number of methoxy groups -OCH3 is 1. The molecule has 0 aliphatic carbocycles. The van der Waals surface area contributed by atoms with Crippen molar-refractivity contribution >= 4 is 34.9 Å². The third-order valence-electron chi connectivity index (χ3n) is 5.79. The van der Waals surface area contributed by atoms with Crippen LogP contribution < -0.4 is 15.4 Å². The molecule has 2 aromatic rings. The number of urea groups is 1. The van der Waals surface area contributed by atoms with Crippen molar-refractivity contribution in [3.63, 3.8) is 0 Å². The first-order chi connectivity index (χ1) is 14.9. The van der Waals surface area contributed by atoms with Crippen LogP contribution in [0.15, 0.2) is 42.5 Å². The number of nitrogens with zero attached hydrogens (tertiary/aromatic N) is 1. The first-order valence-electron chi connectivity index (χ1n) is 10.7. The topological polar surface area (TPSA) is 53.6 Å². The molecule has 1 atom stereocenters. The maximum atomic E-state index is 12.6. The number of benzene rings is 2. The van der Waals surface area contributed by atoms with E-state index < -0.39 is 0 Å². The Bertz CT molecular complexity index is 883. The van der Waals surface area contributed by atoms with Crippen LogP contribution in [0.2, 0.25) is 10.0 Å². The van der Waals surface area contributed by atoms with E-state index in [1.165, 1.54) is 5.56 Å². The van der Waals surface area contributed by atoms with Crippen molar-refractivity contribution in [2.45, 2.75) is 39.3 Å². The minimum atomic E-state index is -0.204. The average Bonchev–Trinajstić information content (AvgIpc) is 2.75. The minimum absolute atomic E-state index is 0.0171. The number of nitrogens with one attached hydrogen (secondary N) is 2. The molecule has 1 aliphatic rings. The molecule has 0 spiro atoms. The Kier molecular flexibility index (Phi) is 8.47. The number of carbonyl (C=O) groups is 1. The zero-order valence-electron chi connectivity index (χ0n) is 18.3. The normalized spacial score (nSPS) is 16.2. The number of carbonyl (C=O) groups excluding carboxylic acids is 1. The van der Waals surface area contributed by atoms with Crippen molar-refractivity contribution in [3.8, 4) is 5.75 Å². The van der Waals surface area contributed by atoms with Gasteiger partial charge < -0.3 is 15.4 Å². The van der Waals surface area contributed by atoms with Crippen molar-refractivity contribution < 1.29 is 9.53 Å². The van der Waals surface area contributed by atoms with Gasteiger partial charge >= 0.3 is 6.03 Å². The fraction of sp³-hybridized carbons (Fsp3) is 0.458. The summed E-state index contributed by atoms with van der Waals surface area (Å²) in [5.74, 6) is 1.61. The molecular formula is C24H31Cl2N3O2. The lowest BCUT2D eigenvalue weighted by Gasteiger charge is -2.39. The van der Waals surface area contributed by atoms with Gasteiger partial charge in [-0.05, 0) is 60.9 Å². The molecule has 2 aromatic carbocycles. The molecule has 1 fully saturated rings. The Morgan fingerprint density at radius 1 is 1.13 bits per heavy atom. The highest BCUT2D eigenvalue weighted by molar-refractivity contribution is 6.42. The average molecular weight is 464 g/mol. The second kappa shape index (κ2) is 11.1. The Balaban J connectivity index is 1.53. The number of rotatable bonds is 7. The zero-order valence-corrected chi connectivity index (χ0v) is 19.8. The summed E-state index contributed by atoms with van der Waals surface area (Å²) in [5, 5.41) is 7.27. The Labute approximate surface area is 195 Å². The number of amides is 2. The van der Waals surface area contributed by atoms with Gasteiger partial charge in [-0.2, -0.15) is 0 Å². The van der Waals surface area contributed by atoms with Gasteiger partial charge in [0.15, 0.2) is 0 Å². The van der Waals surface area contributed by atoms with E-state index in [9.17, 15) is 4.79 Å². The molecule has 5 nitrogen and oxygen atoms in total. The third kappa shape index (κ3) is 6.76. The van der Waals surface area contributed by atoms with Crippen molar-refractivity contribution in [1.82, 2.24) is 10.2 Å². The van der Waals surface area contributed by atoms with Gasteiger partial charge in [-0.3, -0.25) is 4.90 Å². The van der Waals surface area contributed by atoms with Crippen molar-refractivity contribution in [2.24, 2.45) is 11.8 Å². The first kappa shape index (κ1) is 23.7. The van der Waals surface area contributed by atoms with Gasteiger partial charge in [0.2, 0.25) is 0 Å². The van der Waals surface area contributed by atoms with Crippen LogP contribution in [0.5, 0.6) is 5.75 Å².